The molecule has 0 fully saturated rings. The third-order valence-electron chi connectivity index (χ3n) is 4.15. The van der Waals surface area contributed by atoms with Gasteiger partial charge in [-0.15, -0.1) is 11.3 Å². The lowest BCUT2D eigenvalue weighted by Gasteiger charge is -2.14. The molecule has 0 saturated carbocycles. The Bertz CT molecular complexity index is 976. The molecular formula is C20H21N3O2S. The number of rotatable bonds is 5. The van der Waals surface area contributed by atoms with Gasteiger partial charge in [-0.05, 0) is 38.5 Å². The largest absolute Gasteiger partial charge is 0.348 e. The van der Waals surface area contributed by atoms with Gasteiger partial charge in [0.25, 0.3) is 5.56 Å². The Balaban J connectivity index is 1.75. The highest BCUT2D eigenvalue weighted by Crippen LogP contribution is 2.26. The molecule has 2 aromatic heterocycles. The molecule has 1 aromatic carbocycles. The van der Waals surface area contributed by atoms with E-state index in [4.69, 9.17) is 0 Å². The molecule has 1 atom stereocenters. The number of aryl methyl sites for hydroxylation is 2. The summed E-state index contributed by atoms with van der Waals surface area (Å²) >= 11 is 1.71. The first-order valence-corrected chi connectivity index (χ1v) is 9.25. The summed E-state index contributed by atoms with van der Waals surface area (Å²) in [6.45, 7) is 5.94. The van der Waals surface area contributed by atoms with Crippen molar-refractivity contribution in [2.45, 2.75) is 33.4 Å². The van der Waals surface area contributed by atoms with Crippen LogP contribution in [0.1, 0.15) is 28.3 Å². The average molecular weight is 367 g/mol. The molecule has 1 unspecified atom stereocenters. The molecule has 0 aliphatic rings. The Labute approximate surface area is 156 Å². The highest BCUT2D eigenvalue weighted by Gasteiger charge is 2.15. The van der Waals surface area contributed by atoms with E-state index >= 15 is 0 Å². The Morgan fingerprint density at radius 3 is 2.58 bits per heavy atom. The number of hydrogen-bond donors (Lipinski definition) is 1. The lowest BCUT2D eigenvalue weighted by Crippen LogP contribution is -2.34. The molecule has 0 saturated heterocycles. The van der Waals surface area contributed by atoms with Gasteiger partial charge in [0.2, 0.25) is 5.91 Å². The predicted molar refractivity (Wildman–Crippen MR) is 104 cm³/mol. The number of carbonyl (C=O) groups excluding carboxylic acids is 1. The molecule has 26 heavy (non-hydrogen) atoms. The summed E-state index contributed by atoms with van der Waals surface area (Å²) in [6.07, 6.45) is 0. The fraction of sp³-hybridized carbons (Fsp3) is 0.250. The van der Waals surface area contributed by atoms with Gasteiger partial charge < -0.3 is 5.32 Å². The molecule has 134 valence electrons. The van der Waals surface area contributed by atoms with E-state index in [9.17, 15) is 9.59 Å². The smallest absolute Gasteiger partial charge is 0.267 e. The average Bonchev–Trinajstić information content (AvgIpc) is 2.96. The van der Waals surface area contributed by atoms with Crippen molar-refractivity contribution in [3.63, 3.8) is 0 Å². The number of nitrogens with one attached hydrogen (secondary N) is 1. The number of benzene rings is 1. The lowest BCUT2D eigenvalue weighted by atomic mass is 10.1. The van der Waals surface area contributed by atoms with Gasteiger partial charge in [0, 0.05) is 21.4 Å². The molecule has 6 heteroatoms. The lowest BCUT2D eigenvalue weighted by molar-refractivity contribution is -0.122. The molecule has 5 nitrogen and oxygen atoms in total. The van der Waals surface area contributed by atoms with Crippen LogP contribution in [0.3, 0.4) is 0 Å². The fourth-order valence-corrected chi connectivity index (χ4v) is 3.93. The van der Waals surface area contributed by atoms with Crippen LogP contribution in [0, 0.1) is 13.8 Å². The Morgan fingerprint density at radius 2 is 1.92 bits per heavy atom. The molecule has 0 spiro atoms. The maximum atomic E-state index is 12.4. The third kappa shape index (κ3) is 4.08. The first-order chi connectivity index (χ1) is 12.4. The van der Waals surface area contributed by atoms with Crippen LogP contribution in [0.5, 0.6) is 0 Å². The van der Waals surface area contributed by atoms with Crippen molar-refractivity contribution in [1.29, 1.82) is 0 Å². The summed E-state index contributed by atoms with van der Waals surface area (Å²) < 4.78 is 1.20. The molecule has 0 bridgehead atoms. The van der Waals surface area contributed by atoms with Crippen molar-refractivity contribution in [3.05, 3.63) is 74.2 Å². The zero-order valence-corrected chi connectivity index (χ0v) is 15.8. The van der Waals surface area contributed by atoms with Crippen molar-refractivity contribution in [3.8, 4) is 11.3 Å². The second kappa shape index (κ2) is 7.66. The second-order valence-electron chi connectivity index (χ2n) is 6.24. The van der Waals surface area contributed by atoms with Gasteiger partial charge in [-0.1, -0.05) is 30.3 Å². The number of amides is 1. The molecule has 3 rings (SSSR count). The summed E-state index contributed by atoms with van der Waals surface area (Å²) in [5.74, 6) is -0.236. The van der Waals surface area contributed by atoms with Crippen molar-refractivity contribution < 1.29 is 4.79 Å². The van der Waals surface area contributed by atoms with E-state index in [1.165, 1.54) is 20.5 Å². The zero-order valence-electron chi connectivity index (χ0n) is 15.0. The molecule has 1 amide bonds. The van der Waals surface area contributed by atoms with Gasteiger partial charge in [0.1, 0.15) is 6.54 Å². The molecule has 3 aromatic rings. The highest BCUT2D eigenvalue weighted by molar-refractivity contribution is 7.12. The Morgan fingerprint density at radius 1 is 1.19 bits per heavy atom. The zero-order chi connectivity index (χ0) is 18.7. The normalized spacial score (nSPS) is 12.0. The van der Waals surface area contributed by atoms with E-state index in [0.717, 1.165) is 11.1 Å². The Kier molecular flexibility index (Phi) is 5.32. The van der Waals surface area contributed by atoms with Crippen LogP contribution in [0.2, 0.25) is 0 Å². The quantitative estimate of drug-likeness (QED) is 0.751. The number of hydrogen-bond acceptors (Lipinski definition) is 4. The van der Waals surface area contributed by atoms with Gasteiger partial charge in [0.15, 0.2) is 0 Å². The van der Waals surface area contributed by atoms with E-state index in [0.29, 0.717) is 5.69 Å². The topological polar surface area (TPSA) is 64.0 Å². The van der Waals surface area contributed by atoms with E-state index in [1.54, 1.807) is 17.4 Å². The monoisotopic (exact) mass is 367 g/mol. The van der Waals surface area contributed by atoms with Gasteiger partial charge in [-0.2, -0.15) is 5.10 Å². The standard InChI is InChI=1S/C20H21N3O2S/c1-13-11-17(15(3)26-13)14(2)21-19(24)12-23-20(25)10-9-18(22-23)16-7-5-4-6-8-16/h4-11,14H,12H2,1-3H3,(H,21,24). The van der Waals surface area contributed by atoms with Crippen LogP contribution < -0.4 is 10.9 Å². The van der Waals surface area contributed by atoms with Gasteiger partial charge in [-0.3, -0.25) is 9.59 Å². The molecule has 0 aliphatic carbocycles. The SMILES string of the molecule is Cc1cc(C(C)NC(=O)Cn2nc(-c3ccccc3)ccc2=O)c(C)s1. The van der Waals surface area contributed by atoms with Crippen molar-refractivity contribution in [1.82, 2.24) is 15.1 Å². The van der Waals surface area contributed by atoms with Crippen molar-refractivity contribution >= 4 is 17.2 Å². The predicted octanol–water partition coefficient (Wildman–Crippen LogP) is 3.47. The van der Waals surface area contributed by atoms with Crippen molar-refractivity contribution in [2.75, 3.05) is 0 Å². The number of thiophene rings is 1. The van der Waals surface area contributed by atoms with Crippen molar-refractivity contribution in [2.24, 2.45) is 0 Å². The molecular weight excluding hydrogens is 346 g/mol. The number of carbonyl (C=O) groups is 1. The summed E-state index contributed by atoms with van der Waals surface area (Å²) in [4.78, 5) is 26.9. The van der Waals surface area contributed by atoms with E-state index < -0.39 is 0 Å². The first-order valence-electron chi connectivity index (χ1n) is 8.44. The summed E-state index contributed by atoms with van der Waals surface area (Å²) in [5.41, 5.74) is 2.38. The van der Waals surface area contributed by atoms with Crippen LogP contribution in [0.4, 0.5) is 0 Å². The first kappa shape index (κ1) is 18.1. The van der Waals surface area contributed by atoms with Crippen LogP contribution in [-0.2, 0) is 11.3 Å². The summed E-state index contributed by atoms with van der Waals surface area (Å²) in [6, 6.07) is 14.7. The maximum Gasteiger partial charge on any atom is 0.267 e. The van der Waals surface area contributed by atoms with Gasteiger partial charge in [-0.25, -0.2) is 4.68 Å². The van der Waals surface area contributed by atoms with Crippen LogP contribution in [-0.4, -0.2) is 15.7 Å². The van der Waals surface area contributed by atoms with E-state index in [1.807, 2.05) is 51.1 Å². The highest BCUT2D eigenvalue weighted by atomic mass is 32.1. The van der Waals surface area contributed by atoms with Gasteiger partial charge in [0.05, 0.1) is 11.7 Å². The van der Waals surface area contributed by atoms with Gasteiger partial charge >= 0.3 is 0 Å². The molecule has 1 N–H and O–H groups in total. The number of nitrogens with zero attached hydrogens (tertiary/aromatic N) is 2. The molecule has 0 radical (unpaired) electrons. The number of aromatic nitrogens is 2. The summed E-state index contributed by atoms with van der Waals surface area (Å²) in [5, 5.41) is 7.28. The van der Waals surface area contributed by atoms with E-state index in [2.05, 4.69) is 16.5 Å². The fourth-order valence-electron chi connectivity index (χ4n) is 2.91. The molecule has 2 heterocycles. The minimum absolute atomic E-state index is 0.105. The van der Waals surface area contributed by atoms with E-state index in [-0.39, 0.29) is 24.1 Å². The maximum absolute atomic E-state index is 12.4. The van der Waals surface area contributed by atoms with Crippen LogP contribution in [0.15, 0.2) is 53.3 Å². The van der Waals surface area contributed by atoms with Crippen LogP contribution >= 0.6 is 11.3 Å². The minimum atomic E-state index is -0.296. The van der Waals surface area contributed by atoms with Crippen LogP contribution in [0.25, 0.3) is 11.3 Å². The minimum Gasteiger partial charge on any atom is -0.348 e. The second-order valence-corrected chi connectivity index (χ2v) is 7.70. The molecule has 0 aliphatic heterocycles. The Hall–Kier alpha value is -2.73. The third-order valence-corrected chi connectivity index (χ3v) is 5.13. The summed E-state index contributed by atoms with van der Waals surface area (Å²) in [7, 11) is 0.